The highest BCUT2D eigenvalue weighted by Crippen LogP contribution is 2.32. The van der Waals surface area contributed by atoms with Crippen molar-refractivity contribution in [1.29, 1.82) is 0 Å². The van der Waals surface area contributed by atoms with Crippen molar-refractivity contribution >= 4 is 10.9 Å². The van der Waals surface area contributed by atoms with E-state index in [0.29, 0.717) is 25.2 Å². The number of hydrogen-bond acceptors (Lipinski definition) is 3. The molecule has 1 fully saturated rings. The highest BCUT2D eigenvalue weighted by Gasteiger charge is 2.31. The van der Waals surface area contributed by atoms with Crippen LogP contribution in [0, 0.1) is 0 Å². The van der Waals surface area contributed by atoms with Crippen molar-refractivity contribution in [1.82, 2.24) is 10.3 Å². The first-order valence-electron chi connectivity index (χ1n) is 7.00. The van der Waals surface area contributed by atoms with Gasteiger partial charge in [-0.15, -0.1) is 0 Å². The first-order chi connectivity index (χ1) is 9.65. The second-order valence-electron chi connectivity index (χ2n) is 5.54. The van der Waals surface area contributed by atoms with Gasteiger partial charge in [-0.1, -0.05) is 18.2 Å². The van der Waals surface area contributed by atoms with Crippen LogP contribution in [-0.4, -0.2) is 30.8 Å². The number of alkyl halides is 1. The fraction of sp³-hybridized carbons (Fsp3) is 0.438. The van der Waals surface area contributed by atoms with Crippen LogP contribution in [0.1, 0.15) is 18.9 Å². The molecule has 1 aliphatic heterocycles. The Bertz CT molecular complexity index is 594. The summed E-state index contributed by atoms with van der Waals surface area (Å²) in [7, 11) is 0. The number of fused-ring (bicyclic) bond motifs is 1. The standard InChI is InChI=1S/C16H19FN2O/c1-16(17,9-14-11-20-7-6-18-14)13-8-12-4-2-3-5-15(12)19-10-13/h2-5,8,10,14,18H,6-7,9,11H2,1H3. The van der Waals surface area contributed by atoms with Gasteiger partial charge in [-0.25, -0.2) is 4.39 Å². The predicted octanol–water partition coefficient (Wildman–Crippen LogP) is 2.80. The van der Waals surface area contributed by atoms with Gasteiger partial charge >= 0.3 is 0 Å². The molecule has 20 heavy (non-hydrogen) atoms. The maximum Gasteiger partial charge on any atom is 0.136 e. The van der Waals surface area contributed by atoms with E-state index < -0.39 is 5.67 Å². The number of para-hydroxylation sites is 1. The van der Waals surface area contributed by atoms with E-state index in [9.17, 15) is 4.39 Å². The van der Waals surface area contributed by atoms with E-state index >= 15 is 0 Å². The molecule has 2 unspecified atom stereocenters. The lowest BCUT2D eigenvalue weighted by atomic mass is 9.91. The molecule has 1 saturated heterocycles. The van der Waals surface area contributed by atoms with Crippen molar-refractivity contribution in [2.24, 2.45) is 0 Å². The van der Waals surface area contributed by atoms with Crippen LogP contribution >= 0.6 is 0 Å². The number of halogens is 1. The zero-order chi connectivity index (χ0) is 14.0. The third-order valence-electron chi connectivity index (χ3n) is 3.82. The van der Waals surface area contributed by atoms with Crippen molar-refractivity contribution in [3.63, 3.8) is 0 Å². The second kappa shape index (κ2) is 5.46. The van der Waals surface area contributed by atoms with E-state index in [0.717, 1.165) is 17.4 Å². The highest BCUT2D eigenvalue weighted by molar-refractivity contribution is 5.78. The van der Waals surface area contributed by atoms with Gasteiger partial charge in [-0.2, -0.15) is 0 Å². The van der Waals surface area contributed by atoms with E-state index in [4.69, 9.17) is 4.74 Å². The average molecular weight is 274 g/mol. The molecule has 1 N–H and O–H groups in total. The molecule has 2 atom stereocenters. The predicted molar refractivity (Wildman–Crippen MR) is 77.4 cm³/mol. The molecule has 2 heterocycles. The van der Waals surface area contributed by atoms with Gasteiger partial charge in [0.05, 0.1) is 18.7 Å². The molecule has 0 bridgehead atoms. The topological polar surface area (TPSA) is 34.1 Å². The van der Waals surface area contributed by atoms with Gasteiger partial charge in [0.15, 0.2) is 0 Å². The molecular weight excluding hydrogens is 255 g/mol. The summed E-state index contributed by atoms with van der Waals surface area (Å²) in [5.41, 5.74) is 0.116. The number of rotatable bonds is 3. The third kappa shape index (κ3) is 2.81. The summed E-state index contributed by atoms with van der Waals surface area (Å²) in [5, 5.41) is 4.27. The molecule has 1 aromatic heterocycles. The molecular formula is C16H19FN2O. The summed E-state index contributed by atoms with van der Waals surface area (Å²) in [6, 6.07) is 9.73. The molecule has 106 valence electrons. The Morgan fingerprint density at radius 2 is 2.30 bits per heavy atom. The number of ether oxygens (including phenoxy) is 1. The fourth-order valence-electron chi connectivity index (χ4n) is 2.69. The molecule has 3 rings (SSSR count). The lowest BCUT2D eigenvalue weighted by Gasteiger charge is -2.30. The number of nitrogens with zero attached hydrogens (tertiary/aromatic N) is 1. The van der Waals surface area contributed by atoms with Gasteiger partial charge in [-0.3, -0.25) is 4.98 Å². The molecule has 0 saturated carbocycles. The van der Waals surface area contributed by atoms with E-state index in [1.807, 2.05) is 30.3 Å². The summed E-state index contributed by atoms with van der Waals surface area (Å²) in [6.45, 7) is 3.68. The zero-order valence-electron chi connectivity index (χ0n) is 11.6. The van der Waals surface area contributed by atoms with Crippen molar-refractivity contribution in [3.05, 3.63) is 42.1 Å². The number of morpholine rings is 1. The van der Waals surface area contributed by atoms with Gasteiger partial charge < -0.3 is 10.1 Å². The van der Waals surface area contributed by atoms with Gasteiger partial charge in [0.1, 0.15) is 5.67 Å². The number of nitrogens with one attached hydrogen (secondary N) is 1. The number of pyridine rings is 1. The Balaban J connectivity index is 1.83. The van der Waals surface area contributed by atoms with Crippen molar-refractivity contribution in [3.8, 4) is 0 Å². The van der Waals surface area contributed by atoms with Gasteiger partial charge in [-0.05, 0) is 19.1 Å². The summed E-state index contributed by atoms with van der Waals surface area (Å²) < 4.78 is 20.4. The summed E-state index contributed by atoms with van der Waals surface area (Å²) in [5.74, 6) is 0. The molecule has 3 nitrogen and oxygen atoms in total. The molecule has 4 heteroatoms. The lowest BCUT2D eigenvalue weighted by Crippen LogP contribution is -2.44. The van der Waals surface area contributed by atoms with Crippen molar-refractivity contribution in [2.75, 3.05) is 19.8 Å². The van der Waals surface area contributed by atoms with E-state index in [1.54, 1.807) is 13.1 Å². The second-order valence-corrected chi connectivity index (χ2v) is 5.54. The average Bonchev–Trinajstić information content (AvgIpc) is 2.47. The Morgan fingerprint density at radius 1 is 1.45 bits per heavy atom. The van der Waals surface area contributed by atoms with Gasteiger partial charge in [0, 0.05) is 36.2 Å². The van der Waals surface area contributed by atoms with Crippen molar-refractivity contribution < 1.29 is 9.13 Å². The molecule has 2 aromatic rings. The first-order valence-corrected chi connectivity index (χ1v) is 7.00. The van der Waals surface area contributed by atoms with Crippen LogP contribution in [0.4, 0.5) is 4.39 Å². The fourth-order valence-corrected chi connectivity index (χ4v) is 2.69. The Kier molecular flexibility index (Phi) is 3.68. The molecule has 0 radical (unpaired) electrons. The minimum absolute atomic E-state index is 0.0604. The van der Waals surface area contributed by atoms with Crippen LogP contribution < -0.4 is 5.32 Å². The number of aromatic nitrogens is 1. The van der Waals surface area contributed by atoms with Crippen LogP contribution in [0.3, 0.4) is 0 Å². The Hall–Kier alpha value is -1.52. The normalized spacial score (nSPS) is 22.6. The van der Waals surface area contributed by atoms with E-state index in [-0.39, 0.29) is 6.04 Å². The van der Waals surface area contributed by atoms with Crippen molar-refractivity contribution in [2.45, 2.75) is 25.1 Å². The lowest BCUT2D eigenvalue weighted by molar-refractivity contribution is 0.0474. The molecule has 0 spiro atoms. The first kappa shape index (κ1) is 13.5. The van der Waals surface area contributed by atoms with Crippen LogP contribution in [0.5, 0.6) is 0 Å². The number of hydrogen-bond donors (Lipinski definition) is 1. The van der Waals surface area contributed by atoms with Crippen LogP contribution in [-0.2, 0) is 10.4 Å². The zero-order valence-corrected chi connectivity index (χ0v) is 11.6. The van der Waals surface area contributed by atoms with Gasteiger partial charge in [0.25, 0.3) is 0 Å². The maximum absolute atomic E-state index is 15.0. The smallest absolute Gasteiger partial charge is 0.136 e. The van der Waals surface area contributed by atoms with Crippen LogP contribution in [0.2, 0.25) is 0 Å². The Labute approximate surface area is 118 Å². The molecule has 1 aliphatic rings. The SMILES string of the molecule is CC(F)(CC1COCCN1)c1cnc2ccccc2c1. The largest absolute Gasteiger partial charge is 0.379 e. The van der Waals surface area contributed by atoms with Crippen LogP contribution in [0.25, 0.3) is 10.9 Å². The maximum atomic E-state index is 15.0. The van der Waals surface area contributed by atoms with Gasteiger partial charge in [0.2, 0.25) is 0 Å². The van der Waals surface area contributed by atoms with E-state index in [1.165, 1.54) is 0 Å². The van der Waals surface area contributed by atoms with Crippen LogP contribution in [0.15, 0.2) is 36.5 Å². The number of benzene rings is 1. The summed E-state index contributed by atoms with van der Waals surface area (Å²) in [6.07, 6.45) is 2.04. The van der Waals surface area contributed by atoms with E-state index in [2.05, 4.69) is 10.3 Å². The summed E-state index contributed by atoms with van der Waals surface area (Å²) >= 11 is 0. The highest BCUT2D eigenvalue weighted by atomic mass is 19.1. The molecule has 0 aliphatic carbocycles. The monoisotopic (exact) mass is 274 g/mol. The molecule has 1 aromatic carbocycles. The third-order valence-corrected chi connectivity index (χ3v) is 3.82. The minimum Gasteiger partial charge on any atom is -0.379 e. The summed E-state index contributed by atoms with van der Waals surface area (Å²) in [4.78, 5) is 4.35. The minimum atomic E-state index is -1.41. The quantitative estimate of drug-likeness (QED) is 0.934. The molecule has 0 amide bonds. The Morgan fingerprint density at radius 3 is 3.10 bits per heavy atom.